The molecule has 0 fully saturated rings. The van der Waals surface area contributed by atoms with Crippen LogP contribution in [-0.2, 0) is 19.2 Å². The quantitative estimate of drug-likeness (QED) is 0.235. The molecule has 0 aliphatic rings. The summed E-state index contributed by atoms with van der Waals surface area (Å²) in [7, 11) is 1.64. The summed E-state index contributed by atoms with van der Waals surface area (Å²) in [6, 6.07) is -1.37. The zero-order chi connectivity index (χ0) is 31.6. The van der Waals surface area contributed by atoms with Crippen LogP contribution in [0.5, 0.6) is 0 Å². The van der Waals surface area contributed by atoms with E-state index in [0.717, 1.165) is 0 Å². The molecule has 0 bridgehead atoms. The van der Waals surface area contributed by atoms with Gasteiger partial charge in [0.05, 0.1) is 11.6 Å². The molecule has 0 saturated carbocycles. The van der Waals surface area contributed by atoms with Crippen LogP contribution in [-0.4, -0.2) is 81.9 Å². The number of hydrogen-bond acceptors (Lipinski definition) is 5. The van der Waals surface area contributed by atoms with Crippen molar-refractivity contribution in [3.8, 4) is 0 Å². The molecule has 0 rings (SSSR count). The fourth-order valence-corrected chi connectivity index (χ4v) is 5.53. The molecule has 1 unspecified atom stereocenters. The van der Waals surface area contributed by atoms with Crippen LogP contribution in [0.2, 0.25) is 0 Å². The molecule has 9 nitrogen and oxygen atoms in total. The Morgan fingerprint density at radius 1 is 0.900 bits per heavy atom. The van der Waals surface area contributed by atoms with E-state index >= 15 is 0 Å². The molecular formula is C31H58N4O5. The average molecular weight is 567 g/mol. The summed E-state index contributed by atoms with van der Waals surface area (Å²) in [6.07, 6.45) is 3.54. The van der Waals surface area contributed by atoms with Crippen molar-refractivity contribution < 1.29 is 24.3 Å². The Bertz CT molecular complexity index is 898. The Hall–Kier alpha value is -2.42. The zero-order valence-corrected chi connectivity index (χ0v) is 27.5. The van der Waals surface area contributed by atoms with E-state index in [-0.39, 0.29) is 29.2 Å². The molecule has 232 valence electrons. The lowest BCUT2D eigenvalue weighted by molar-refractivity contribution is -0.155. The SMILES string of the molecule is CCNC(CC)(CC)C(=O)N(CC)C(CC)(CC)C(=O)NC(C(=O)N(C)[C@H](/C=C(\C)C(=O)O)C(C)C)C(C)(C)C. The van der Waals surface area contributed by atoms with Gasteiger partial charge in [-0.25, -0.2) is 4.79 Å². The van der Waals surface area contributed by atoms with Gasteiger partial charge in [-0.2, -0.15) is 0 Å². The third-order valence-corrected chi connectivity index (χ3v) is 8.43. The summed E-state index contributed by atoms with van der Waals surface area (Å²) in [5, 5.41) is 15.9. The molecule has 0 aliphatic heterocycles. The number of rotatable bonds is 16. The lowest BCUT2D eigenvalue weighted by atomic mass is 9.81. The highest BCUT2D eigenvalue weighted by atomic mass is 16.4. The van der Waals surface area contributed by atoms with Crippen molar-refractivity contribution in [2.75, 3.05) is 20.1 Å². The Balaban J connectivity index is 6.69. The van der Waals surface area contributed by atoms with Crippen molar-refractivity contribution >= 4 is 23.7 Å². The van der Waals surface area contributed by atoms with Gasteiger partial charge in [-0.05, 0) is 57.4 Å². The minimum Gasteiger partial charge on any atom is -0.478 e. The largest absolute Gasteiger partial charge is 0.478 e. The zero-order valence-electron chi connectivity index (χ0n) is 27.5. The number of carbonyl (C=O) groups excluding carboxylic acids is 3. The monoisotopic (exact) mass is 566 g/mol. The Morgan fingerprint density at radius 2 is 1.40 bits per heavy atom. The van der Waals surface area contributed by atoms with Gasteiger partial charge in [0.15, 0.2) is 0 Å². The molecule has 2 atom stereocenters. The smallest absolute Gasteiger partial charge is 0.331 e. The molecule has 40 heavy (non-hydrogen) atoms. The predicted molar refractivity (Wildman–Crippen MR) is 162 cm³/mol. The van der Waals surface area contributed by atoms with Crippen LogP contribution < -0.4 is 10.6 Å². The normalized spacial score (nSPS) is 14.5. The van der Waals surface area contributed by atoms with Crippen LogP contribution in [0.25, 0.3) is 0 Å². The second-order valence-corrected chi connectivity index (χ2v) is 12.2. The molecule has 3 amide bonds. The highest BCUT2D eigenvalue weighted by Crippen LogP contribution is 2.31. The predicted octanol–water partition coefficient (Wildman–Crippen LogP) is 4.61. The van der Waals surface area contributed by atoms with E-state index in [2.05, 4.69) is 10.6 Å². The minimum absolute atomic E-state index is 0.0552. The summed E-state index contributed by atoms with van der Waals surface area (Å²) in [4.78, 5) is 57.1. The van der Waals surface area contributed by atoms with Crippen molar-refractivity contribution in [3.05, 3.63) is 11.6 Å². The first kappa shape index (κ1) is 37.6. The third kappa shape index (κ3) is 8.30. The first-order valence-corrected chi connectivity index (χ1v) is 15.0. The van der Waals surface area contributed by atoms with Crippen molar-refractivity contribution in [3.63, 3.8) is 0 Å². The highest BCUT2D eigenvalue weighted by Gasteiger charge is 2.50. The standard InChI is InChI=1S/C31H58N4O5/c1-14-30(15-2,32-18-5)28(40)35(19-6)31(16-3,17-4)27(39)33-24(29(10,11)12)25(36)34(13)23(21(7)8)20-22(9)26(37)38/h20-21,23-24,32H,14-19H2,1-13H3,(H,33,39)(H,37,38)/b22-20+/t23-,24?/m1/s1. The number of carbonyl (C=O) groups is 4. The molecule has 0 radical (unpaired) electrons. The van der Waals surface area contributed by atoms with Gasteiger partial charge in [0.25, 0.3) is 0 Å². The summed E-state index contributed by atoms with van der Waals surface area (Å²) in [5.41, 5.74) is -2.42. The van der Waals surface area contributed by atoms with Gasteiger partial charge in [0.2, 0.25) is 17.7 Å². The van der Waals surface area contributed by atoms with E-state index in [9.17, 15) is 24.3 Å². The average Bonchev–Trinajstić information content (AvgIpc) is 2.89. The maximum atomic E-state index is 14.3. The Kier molecular flexibility index (Phi) is 14.6. The lowest BCUT2D eigenvalue weighted by Gasteiger charge is -2.47. The number of nitrogens with one attached hydrogen (secondary N) is 2. The molecule has 3 N–H and O–H groups in total. The molecule has 0 spiro atoms. The molecule has 9 heteroatoms. The fraction of sp³-hybridized carbons (Fsp3) is 0.806. The van der Waals surface area contributed by atoms with Gasteiger partial charge in [-0.1, -0.05) is 75.3 Å². The minimum atomic E-state index is -1.14. The van der Waals surface area contributed by atoms with Crippen molar-refractivity contribution in [1.82, 2.24) is 20.4 Å². The van der Waals surface area contributed by atoms with Crippen LogP contribution in [0.4, 0.5) is 0 Å². The summed E-state index contributed by atoms with van der Waals surface area (Å²) in [6.45, 7) is 23.6. The van der Waals surface area contributed by atoms with E-state index in [1.54, 1.807) is 18.0 Å². The third-order valence-electron chi connectivity index (χ3n) is 8.43. The Morgan fingerprint density at radius 3 is 1.73 bits per heavy atom. The maximum absolute atomic E-state index is 14.3. The molecule has 0 aliphatic carbocycles. The van der Waals surface area contributed by atoms with Crippen LogP contribution in [0.15, 0.2) is 11.6 Å². The van der Waals surface area contributed by atoms with Crippen LogP contribution >= 0.6 is 0 Å². The van der Waals surface area contributed by atoms with Crippen molar-refractivity contribution in [2.24, 2.45) is 11.3 Å². The van der Waals surface area contributed by atoms with Gasteiger partial charge in [0.1, 0.15) is 11.6 Å². The van der Waals surface area contributed by atoms with Crippen LogP contribution in [0.3, 0.4) is 0 Å². The first-order chi connectivity index (χ1) is 18.4. The van der Waals surface area contributed by atoms with Gasteiger partial charge in [-0.3, -0.25) is 14.4 Å². The van der Waals surface area contributed by atoms with E-state index < -0.39 is 34.5 Å². The first-order valence-electron chi connectivity index (χ1n) is 15.0. The number of aliphatic carboxylic acids is 1. The number of nitrogens with zero attached hydrogens (tertiary/aromatic N) is 2. The number of amides is 3. The lowest BCUT2D eigenvalue weighted by Crippen LogP contribution is -2.69. The molecule has 0 aromatic carbocycles. The van der Waals surface area contributed by atoms with Crippen molar-refractivity contribution in [2.45, 2.75) is 132 Å². The second kappa shape index (κ2) is 15.5. The van der Waals surface area contributed by atoms with Gasteiger partial charge < -0.3 is 25.5 Å². The van der Waals surface area contributed by atoms with Crippen molar-refractivity contribution in [1.29, 1.82) is 0 Å². The van der Waals surface area contributed by atoms with Crippen LogP contribution in [0.1, 0.15) is 109 Å². The number of carboxylic acids is 1. The van der Waals surface area contributed by atoms with Gasteiger partial charge >= 0.3 is 5.97 Å². The van der Waals surface area contributed by atoms with E-state index in [4.69, 9.17) is 0 Å². The molecule has 0 aromatic heterocycles. The highest BCUT2D eigenvalue weighted by molar-refractivity contribution is 5.97. The number of carboxylic acid groups (broad SMARTS) is 1. The second-order valence-electron chi connectivity index (χ2n) is 12.2. The van der Waals surface area contributed by atoms with Crippen LogP contribution in [0, 0.1) is 11.3 Å². The Labute approximate surface area is 243 Å². The molecular weight excluding hydrogens is 508 g/mol. The van der Waals surface area contributed by atoms with Gasteiger partial charge in [-0.15, -0.1) is 0 Å². The van der Waals surface area contributed by atoms with E-state index in [0.29, 0.717) is 38.8 Å². The molecule has 0 aromatic rings. The number of likely N-dealkylation sites (N-methyl/N-ethyl adjacent to an activating group) is 3. The fourth-order valence-electron chi connectivity index (χ4n) is 5.53. The maximum Gasteiger partial charge on any atom is 0.331 e. The van der Waals surface area contributed by atoms with E-state index in [1.807, 2.05) is 76.2 Å². The summed E-state index contributed by atoms with van der Waals surface area (Å²) in [5.74, 6) is -1.87. The number of hydrogen-bond donors (Lipinski definition) is 3. The topological polar surface area (TPSA) is 119 Å². The molecule has 0 saturated heterocycles. The summed E-state index contributed by atoms with van der Waals surface area (Å²) < 4.78 is 0. The molecule has 0 heterocycles. The van der Waals surface area contributed by atoms with E-state index in [1.165, 1.54) is 11.8 Å². The summed E-state index contributed by atoms with van der Waals surface area (Å²) >= 11 is 0. The van der Waals surface area contributed by atoms with Gasteiger partial charge in [0, 0.05) is 19.2 Å².